The van der Waals surface area contributed by atoms with Crippen LogP contribution in [0.2, 0.25) is 0 Å². The monoisotopic (exact) mass is 474 g/mol. The Kier molecular flexibility index (Phi) is 6.44. The number of H-pyrrole nitrogens is 1. The molecular weight excluding hydrogens is 452 g/mol. The number of hydrogen-bond donors (Lipinski definition) is 4. The number of aryl methyl sites for hydroxylation is 3. The first-order chi connectivity index (χ1) is 13.8. The van der Waals surface area contributed by atoms with Crippen LogP contribution in [0.4, 0.5) is 5.69 Å². The first-order valence-corrected chi connectivity index (χ1v) is 10.3. The zero-order valence-corrected chi connectivity index (χ0v) is 19.1. The summed E-state index contributed by atoms with van der Waals surface area (Å²) in [7, 11) is 1.62. The molecule has 1 amide bonds. The standard InChI is InChI=1S/C21H23BrN4O2S/c1-11-7-14(22)8-12(2)20(11)24-21(29)26-25-19(27)10-16-13(3)23-18-6-5-15(28-4)9-17(16)18/h5-9,23H,10H2,1-4H3,(H,25,27)(H2,24,26,29). The van der Waals surface area contributed by atoms with Crippen molar-refractivity contribution >= 4 is 55.8 Å². The summed E-state index contributed by atoms with van der Waals surface area (Å²) in [4.78, 5) is 15.8. The quantitative estimate of drug-likeness (QED) is 0.332. The molecule has 1 heterocycles. The Morgan fingerprint density at radius 3 is 2.48 bits per heavy atom. The maximum Gasteiger partial charge on any atom is 0.242 e. The second-order valence-electron chi connectivity index (χ2n) is 6.86. The van der Waals surface area contributed by atoms with E-state index in [1.807, 2.05) is 51.1 Å². The van der Waals surface area contributed by atoms with Crippen molar-refractivity contribution in [2.75, 3.05) is 12.4 Å². The van der Waals surface area contributed by atoms with Gasteiger partial charge in [-0.1, -0.05) is 15.9 Å². The van der Waals surface area contributed by atoms with Crippen LogP contribution >= 0.6 is 28.1 Å². The summed E-state index contributed by atoms with van der Waals surface area (Å²) in [5, 5.41) is 4.43. The molecule has 4 N–H and O–H groups in total. The molecule has 152 valence electrons. The third kappa shape index (κ3) is 4.89. The molecule has 0 unspecified atom stereocenters. The molecule has 0 spiro atoms. The second kappa shape index (κ2) is 8.84. The zero-order chi connectivity index (χ0) is 21.1. The predicted octanol–water partition coefficient (Wildman–Crippen LogP) is 4.42. The molecule has 3 rings (SSSR count). The van der Waals surface area contributed by atoms with Gasteiger partial charge in [0.15, 0.2) is 5.11 Å². The third-order valence-corrected chi connectivity index (χ3v) is 5.38. The van der Waals surface area contributed by atoms with E-state index in [4.69, 9.17) is 17.0 Å². The van der Waals surface area contributed by atoms with Gasteiger partial charge >= 0.3 is 0 Å². The molecule has 0 bridgehead atoms. The molecule has 6 nitrogen and oxygen atoms in total. The lowest BCUT2D eigenvalue weighted by atomic mass is 10.1. The van der Waals surface area contributed by atoms with Gasteiger partial charge in [0.05, 0.1) is 13.5 Å². The molecule has 1 aromatic heterocycles. The number of hydrazine groups is 1. The minimum Gasteiger partial charge on any atom is -0.497 e. The molecule has 0 radical (unpaired) electrons. The van der Waals surface area contributed by atoms with Crippen LogP contribution in [0.15, 0.2) is 34.8 Å². The normalized spacial score (nSPS) is 10.7. The Bertz CT molecular complexity index is 1070. The number of carbonyl (C=O) groups is 1. The van der Waals surface area contributed by atoms with Gasteiger partial charge in [0, 0.05) is 26.8 Å². The molecule has 29 heavy (non-hydrogen) atoms. The van der Waals surface area contributed by atoms with Crippen LogP contribution in [-0.2, 0) is 11.2 Å². The van der Waals surface area contributed by atoms with Gasteiger partial charge in [-0.25, -0.2) is 0 Å². The van der Waals surface area contributed by atoms with Crippen molar-refractivity contribution in [1.29, 1.82) is 0 Å². The molecular formula is C21H23BrN4O2S. The summed E-state index contributed by atoms with van der Waals surface area (Å²) >= 11 is 8.80. The van der Waals surface area contributed by atoms with Crippen LogP contribution in [-0.4, -0.2) is 23.1 Å². The van der Waals surface area contributed by atoms with Gasteiger partial charge in [0.25, 0.3) is 0 Å². The SMILES string of the molecule is COc1ccc2[nH]c(C)c(CC(=O)NNC(=S)Nc3c(C)cc(Br)cc3C)c2c1. The van der Waals surface area contributed by atoms with Gasteiger partial charge in [-0.3, -0.25) is 15.6 Å². The van der Waals surface area contributed by atoms with Crippen LogP contribution in [0.1, 0.15) is 22.4 Å². The summed E-state index contributed by atoms with van der Waals surface area (Å²) < 4.78 is 6.31. The minimum atomic E-state index is -0.190. The Balaban J connectivity index is 1.64. The number of carbonyl (C=O) groups excluding carboxylic acids is 1. The molecule has 0 saturated heterocycles. The third-order valence-electron chi connectivity index (χ3n) is 4.72. The molecule has 8 heteroatoms. The molecule has 3 aromatic rings. The lowest BCUT2D eigenvalue weighted by Gasteiger charge is -2.16. The van der Waals surface area contributed by atoms with Crippen LogP contribution in [0.25, 0.3) is 10.9 Å². The van der Waals surface area contributed by atoms with Gasteiger partial charge < -0.3 is 15.0 Å². The highest BCUT2D eigenvalue weighted by Crippen LogP contribution is 2.27. The molecule has 0 aliphatic rings. The van der Waals surface area contributed by atoms with Gasteiger partial charge in [-0.05, 0) is 80.0 Å². The molecule has 0 saturated carbocycles. The first kappa shape index (κ1) is 21.1. The van der Waals surface area contributed by atoms with Crippen molar-refractivity contribution in [3.05, 3.63) is 57.2 Å². The highest BCUT2D eigenvalue weighted by atomic mass is 79.9. The van der Waals surface area contributed by atoms with Crippen molar-refractivity contribution in [1.82, 2.24) is 15.8 Å². The number of thiocarbonyl (C=S) groups is 1. The first-order valence-electron chi connectivity index (χ1n) is 9.06. The lowest BCUT2D eigenvalue weighted by molar-refractivity contribution is -0.120. The van der Waals surface area contributed by atoms with Gasteiger partial charge in [0.2, 0.25) is 5.91 Å². The van der Waals surface area contributed by atoms with E-state index in [1.165, 1.54) is 0 Å². The predicted molar refractivity (Wildman–Crippen MR) is 124 cm³/mol. The van der Waals surface area contributed by atoms with Crippen LogP contribution in [0.3, 0.4) is 0 Å². The van der Waals surface area contributed by atoms with Crippen LogP contribution in [0.5, 0.6) is 5.75 Å². The molecule has 0 aliphatic carbocycles. The van der Waals surface area contributed by atoms with Crippen molar-refractivity contribution < 1.29 is 9.53 Å². The summed E-state index contributed by atoms with van der Waals surface area (Å²) in [5.74, 6) is 0.562. The summed E-state index contributed by atoms with van der Waals surface area (Å²) in [6.45, 7) is 5.94. The molecule has 0 fully saturated rings. The van der Waals surface area contributed by atoms with Gasteiger partial charge in [0.1, 0.15) is 5.75 Å². The maximum atomic E-state index is 12.5. The van der Waals surface area contributed by atoms with Crippen molar-refractivity contribution in [3.8, 4) is 5.75 Å². The second-order valence-corrected chi connectivity index (χ2v) is 8.18. The Hall–Kier alpha value is -2.58. The topological polar surface area (TPSA) is 78.2 Å². The number of amides is 1. The smallest absolute Gasteiger partial charge is 0.242 e. The zero-order valence-electron chi connectivity index (χ0n) is 16.7. The van der Waals surface area contributed by atoms with E-state index in [9.17, 15) is 4.79 Å². The fourth-order valence-electron chi connectivity index (χ4n) is 3.30. The number of rotatable bonds is 4. The van der Waals surface area contributed by atoms with E-state index >= 15 is 0 Å². The van der Waals surface area contributed by atoms with Crippen molar-refractivity contribution in [2.24, 2.45) is 0 Å². The van der Waals surface area contributed by atoms with E-state index in [0.29, 0.717) is 5.11 Å². The van der Waals surface area contributed by atoms with Crippen LogP contribution < -0.4 is 20.9 Å². The van der Waals surface area contributed by atoms with E-state index in [2.05, 4.69) is 37.1 Å². The number of hydrogen-bond acceptors (Lipinski definition) is 3. The molecule has 2 aromatic carbocycles. The largest absolute Gasteiger partial charge is 0.497 e. The van der Waals surface area contributed by atoms with Crippen molar-refractivity contribution in [2.45, 2.75) is 27.2 Å². The fraction of sp³-hybridized carbons (Fsp3) is 0.238. The lowest BCUT2D eigenvalue weighted by Crippen LogP contribution is -2.44. The van der Waals surface area contributed by atoms with E-state index in [0.717, 1.165) is 49.2 Å². The van der Waals surface area contributed by atoms with Gasteiger partial charge in [-0.2, -0.15) is 0 Å². The highest BCUT2D eigenvalue weighted by molar-refractivity contribution is 9.10. The number of fused-ring (bicyclic) bond motifs is 1. The maximum absolute atomic E-state index is 12.5. The summed E-state index contributed by atoms with van der Waals surface area (Å²) in [6, 6.07) is 9.78. The number of aromatic nitrogens is 1. The van der Waals surface area contributed by atoms with E-state index < -0.39 is 0 Å². The number of methoxy groups -OCH3 is 1. The number of anilines is 1. The number of nitrogens with one attached hydrogen (secondary N) is 4. The number of ether oxygens (including phenoxy) is 1. The summed E-state index contributed by atoms with van der Waals surface area (Å²) in [6.07, 6.45) is 0.213. The average Bonchev–Trinajstić information content (AvgIpc) is 2.97. The Morgan fingerprint density at radius 1 is 1.14 bits per heavy atom. The minimum absolute atomic E-state index is 0.190. The van der Waals surface area contributed by atoms with Crippen LogP contribution in [0, 0.1) is 20.8 Å². The highest BCUT2D eigenvalue weighted by Gasteiger charge is 2.14. The number of halogens is 1. The fourth-order valence-corrected chi connectivity index (χ4v) is 4.14. The Morgan fingerprint density at radius 2 is 1.83 bits per heavy atom. The number of aromatic amines is 1. The molecule has 0 aliphatic heterocycles. The average molecular weight is 475 g/mol. The molecule has 0 atom stereocenters. The van der Waals surface area contributed by atoms with E-state index in [1.54, 1.807) is 7.11 Å². The van der Waals surface area contributed by atoms with Gasteiger partial charge in [-0.15, -0.1) is 0 Å². The number of benzene rings is 2. The van der Waals surface area contributed by atoms with E-state index in [-0.39, 0.29) is 12.3 Å². The summed E-state index contributed by atoms with van der Waals surface area (Å²) in [5.41, 5.74) is 11.3. The van der Waals surface area contributed by atoms with Crippen molar-refractivity contribution in [3.63, 3.8) is 0 Å². The Labute approximate surface area is 183 Å².